The van der Waals surface area contributed by atoms with Crippen LogP contribution in [-0.4, -0.2) is 52.7 Å². The molecule has 1 N–H and O–H groups in total. The number of ether oxygens (including phenoxy) is 1. The van der Waals surface area contributed by atoms with Crippen LogP contribution in [0, 0.1) is 0 Å². The van der Waals surface area contributed by atoms with Crippen molar-refractivity contribution in [1.29, 1.82) is 0 Å². The lowest BCUT2D eigenvalue weighted by molar-refractivity contribution is 0.275. The van der Waals surface area contributed by atoms with Crippen LogP contribution in [0.25, 0.3) is 0 Å². The number of aromatic nitrogens is 1. The van der Waals surface area contributed by atoms with Crippen LogP contribution >= 0.6 is 12.2 Å². The minimum absolute atomic E-state index is 0.637. The molecule has 0 aliphatic carbocycles. The summed E-state index contributed by atoms with van der Waals surface area (Å²) >= 11 is 5.66. The summed E-state index contributed by atoms with van der Waals surface area (Å²) < 4.78 is 5.68. The van der Waals surface area contributed by atoms with Gasteiger partial charge in [-0.25, -0.2) is 0 Å². The summed E-state index contributed by atoms with van der Waals surface area (Å²) in [4.78, 5) is 9.12. The number of anilines is 1. The first-order valence-corrected chi connectivity index (χ1v) is 9.57. The largest absolute Gasteiger partial charge is 0.492 e. The fraction of sp³-hybridized carbons (Fsp3) is 0.400. The molecule has 0 spiro atoms. The number of para-hydroxylation sites is 2. The molecule has 1 aromatic carbocycles. The van der Waals surface area contributed by atoms with Gasteiger partial charge in [0, 0.05) is 38.9 Å². The normalized spacial score (nSPS) is 15.3. The molecule has 1 aliphatic rings. The Bertz CT molecular complexity index is 710. The van der Waals surface area contributed by atoms with Crippen molar-refractivity contribution in [3.05, 3.63) is 54.4 Å². The summed E-state index contributed by atoms with van der Waals surface area (Å²) in [5.41, 5.74) is 2.04. The van der Waals surface area contributed by atoms with Crippen LogP contribution in [0.2, 0.25) is 0 Å². The van der Waals surface area contributed by atoms with E-state index in [1.807, 2.05) is 49.5 Å². The Kier molecular flexibility index (Phi) is 6.80. The number of pyridine rings is 1. The first-order chi connectivity index (χ1) is 12.8. The Hall–Kier alpha value is -2.18. The van der Waals surface area contributed by atoms with Gasteiger partial charge in [-0.05, 0) is 49.8 Å². The third kappa shape index (κ3) is 5.16. The molecule has 0 unspecified atom stereocenters. The summed E-state index contributed by atoms with van der Waals surface area (Å²) in [5, 5.41) is 4.12. The Morgan fingerprint density at radius 1 is 1.12 bits per heavy atom. The number of hydrogen-bond acceptors (Lipinski definition) is 4. The van der Waals surface area contributed by atoms with Gasteiger partial charge in [-0.15, -0.1) is 0 Å². The fourth-order valence-electron chi connectivity index (χ4n) is 3.10. The zero-order valence-electron chi connectivity index (χ0n) is 15.2. The van der Waals surface area contributed by atoms with E-state index in [0.29, 0.717) is 6.61 Å². The fourth-order valence-corrected chi connectivity index (χ4v) is 3.39. The number of benzene rings is 1. The summed E-state index contributed by atoms with van der Waals surface area (Å²) in [6, 6.07) is 14.0. The molecule has 0 amide bonds. The predicted octanol–water partition coefficient (Wildman–Crippen LogP) is 3.39. The Morgan fingerprint density at radius 2 is 1.96 bits per heavy atom. The topological polar surface area (TPSA) is 40.6 Å². The van der Waals surface area contributed by atoms with Crippen molar-refractivity contribution in [3.8, 4) is 5.75 Å². The summed E-state index contributed by atoms with van der Waals surface area (Å²) in [6.07, 6.45) is 2.94. The quantitative estimate of drug-likeness (QED) is 0.814. The van der Waals surface area contributed by atoms with E-state index in [0.717, 1.165) is 61.4 Å². The molecule has 6 heteroatoms. The first kappa shape index (κ1) is 18.6. The van der Waals surface area contributed by atoms with Gasteiger partial charge in [0.25, 0.3) is 0 Å². The Balaban J connectivity index is 1.56. The molecule has 2 heterocycles. The molecule has 3 rings (SSSR count). The van der Waals surface area contributed by atoms with Crippen LogP contribution in [0.4, 0.5) is 5.69 Å². The third-order valence-electron chi connectivity index (χ3n) is 4.42. The van der Waals surface area contributed by atoms with Gasteiger partial charge in [-0.2, -0.15) is 0 Å². The molecule has 0 bridgehead atoms. The van der Waals surface area contributed by atoms with Crippen LogP contribution < -0.4 is 10.1 Å². The van der Waals surface area contributed by atoms with Gasteiger partial charge in [-0.3, -0.25) is 9.88 Å². The highest BCUT2D eigenvalue weighted by molar-refractivity contribution is 7.80. The highest BCUT2D eigenvalue weighted by atomic mass is 32.1. The van der Waals surface area contributed by atoms with Crippen molar-refractivity contribution in [3.63, 3.8) is 0 Å². The number of hydrogen-bond donors (Lipinski definition) is 1. The second-order valence-corrected chi connectivity index (χ2v) is 6.68. The average Bonchev–Trinajstić information content (AvgIpc) is 2.90. The van der Waals surface area contributed by atoms with Gasteiger partial charge in [-0.1, -0.05) is 18.2 Å². The molecular formula is C20H26N4OS. The van der Waals surface area contributed by atoms with Crippen LogP contribution in [0.5, 0.6) is 5.75 Å². The molecule has 1 aliphatic heterocycles. The van der Waals surface area contributed by atoms with Crippen LogP contribution in [-0.2, 0) is 6.54 Å². The van der Waals surface area contributed by atoms with Crippen molar-refractivity contribution in [1.82, 2.24) is 14.8 Å². The maximum atomic E-state index is 5.68. The van der Waals surface area contributed by atoms with E-state index in [9.17, 15) is 0 Å². The Labute approximate surface area is 161 Å². The highest BCUT2D eigenvalue weighted by Gasteiger charge is 2.18. The number of rotatable bonds is 5. The standard InChI is InChI=1S/C20H26N4OS/c1-2-25-19-10-4-3-9-18(19)22-20(26)24-13-7-12-23(14-15-24)16-17-8-5-6-11-21-17/h3-6,8-11H,2,7,12-16H2,1H3,(H,22,26). The molecule has 1 fully saturated rings. The molecule has 0 atom stereocenters. The molecule has 26 heavy (non-hydrogen) atoms. The van der Waals surface area contributed by atoms with Crippen LogP contribution in [0.1, 0.15) is 19.0 Å². The van der Waals surface area contributed by atoms with Gasteiger partial charge < -0.3 is 15.0 Å². The maximum absolute atomic E-state index is 5.68. The van der Waals surface area contributed by atoms with Crippen LogP contribution in [0.3, 0.4) is 0 Å². The van der Waals surface area contributed by atoms with Crippen molar-refractivity contribution in [2.45, 2.75) is 19.9 Å². The van der Waals surface area contributed by atoms with E-state index < -0.39 is 0 Å². The monoisotopic (exact) mass is 370 g/mol. The zero-order chi connectivity index (χ0) is 18.2. The zero-order valence-corrected chi connectivity index (χ0v) is 16.0. The van der Waals surface area contributed by atoms with Gasteiger partial charge in [0.1, 0.15) is 5.75 Å². The summed E-state index contributed by atoms with van der Waals surface area (Å²) in [5.74, 6) is 0.837. The molecule has 5 nitrogen and oxygen atoms in total. The highest BCUT2D eigenvalue weighted by Crippen LogP contribution is 2.24. The van der Waals surface area contributed by atoms with E-state index in [1.165, 1.54) is 0 Å². The molecule has 1 saturated heterocycles. The summed E-state index contributed by atoms with van der Waals surface area (Å²) in [6.45, 7) is 7.42. The van der Waals surface area contributed by atoms with Crippen LogP contribution in [0.15, 0.2) is 48.7 Å². The van der Waals surface area contributed by atoms with Crippen molar-refractivity contribution >= 4 is 23.0 Å². The predicted molar refractivity (Wildman–Crippen MR) is 110 cm³/mol. The van der Waals surface area contributed by atoms with Gasteiger partial charge in [0.15, 0.2) is 5.11 Å². The van der Waals surface area contributed by atoms with Gasteiger partial charge in [0.2, 0.25) is 0 Å². The van der Waals surface area contributed by atoms with E-state index in [2.05, 4.69) is 26.2 Å². The van der Waals surface area contributed by atoms with Gasteiger partial charge >= 0.3 is 0 Å². The lowest BCUT2D eigenvalue weighted by atomic mass is 10.3. The second-order valence-electron chi connectivity index (χ2n) is 6.30. The third-order valence-corrected chi connectivity index (χ3v) is 4.78. The van der Waals surface area contributed by atoms with E-state index in [-0.39, 0.29) is 0 Å². The molecule has 2 aromatic rings. The number of nitrogens with zero attached hydrogens (tertiary/aromatic N) is 3. The minimum Gasteiger partial charge on any atom is -0.492 e. The number of nitrogens with one attached hydrogen (secondary N) is 1. The lowest BCUT2D eigenvalue weighted by Crippen LogP contribution is -2.37. The molecule has 0 saturated carbocycles. The van der Waals surface area contributed by atoms with E-state index in [1.54, 1.807) is 0 Å². The smallest absolute Gasteiger partial charge is 0.173 e. The lowest BCUT2D eigenvalue weighted by Gasteiger charge is -2.25. The summed E-state index contributed by atoms with van der Waals surface area (Å²) in [7, 11) is 0. The molecule has 0 radical (unpaired) electrons. The minimum atomic E-state index is 0.637. The van der Waals surface area contributed by atoms with Crippen molar-refractivity contribution in [2.24, 2.45) is 0 Å². The first-order valence-electron chi connectivity index (χ1n) is 9.16. The van der Waals surface area contributed by atoms with Gasteiger partial charge in [0.05, 0.1) is 18.0 Å². The Morgan fingerprint density at radius 3 is 2.77 bits per heavy atom. The van der Waals surface area contributed by atoms with E-state index >= 15 is 0 Å². The molecular weight excluding hydrogens is 344 g/mol. The number of thiocarbonyl (C=S) groups is 1. The second kappa shape index (κ2) is 9.50. The van der Waals surface area contributed by atoms with Crippen molar-refractivity contribution in [2.75, 3.05) is 38.1 Å². The van der Waals surface area contributed by atoms with Crippen molar-refractivity contribution < 1.29 is 4.74 Å². The maximum Gasteiger partial charge on any atom is 0.173 e. The SMILES string of the molecule is CCOc1ccccc1NC(=S)N1CCCN(Cc2ccccn2)CC1. The average molecular weight is 371 g/mol. The molecule has 1 aromatic heterocycles. The molecule has 138 valence electrons. The van der Waals surface area contributed by atoms with E-state index in [4.69, 9.17) is 17.0 Å².